The first-order valence-corrected chi connectivity index (χ1v) is 4.95. The lowest BCUT2D eigenvalue weighted by molar-refractivity contribution is 0.0898. The van der Waals surface area contributed by atoms with Crippen LogP contribution in [0.25, 0.3) is 0 Å². The van der Waals surface area contributed by atoms with Crippen LogP contribution in [0.1, 0.15) is 35.7 Å². The van der Waals surface area contributed by atoms with Gasteiger partial charge in [0.05, 0.1) is 0 Å². The number of aryl methyl sites for hydroxylation is 1. The molecule has 1 aromatic carbocycles. The third-order valence-electron chi connectivity index (χ3n) is 2.91. The van der Waals surface area contributed by atoms with Gasteiger partial charge in [-0.25, -0.2) is 0 Å². The predicted octanol–water partition coefficient (Wildman–Crippen LogP) is 2.84. The average molecular weight is 174 g/mol. The normalized spacial score (nSPS) is 21.3. The van der Waals surface area contributed by atoms with Crippen LogP contribution in [0.2, 0.25) is 0 Å². The van der Waals surface area contributed by atoms with Crippen molar-refractivity contribution in [3.05, 3.63) is 35.4 Å². The van der Waals surface area contributed by atoms with E-state index in [2.05, 4.69) is 13.0 Å². The van der Waals surface area contributed by atoms with E-state index in [-0.39, 0.29) is 5.92 Å². The molecule has 0 aliphatic heterocycles. The van der Waals surface area contributed by atoms with Gasteiger partial charge in [-0.2, -0.15) is 0 Å². The molecule has 0 spiro atoms. The molecule has 1 unspecified atom stereocenters. The molecule has 0 aromatic heterocycles. The molecule has 1 aromatic rings. The van der Waals surface area contributed by atoms with Crippen LogP contribution in [-0.4, -0.2) is 5.78 Å². The number of Topliss-reactive ketones (excluding diaryl/α,β-unsaturated/α-hetero) is 1. The van der Waals surface area contributed by atoms with Crippen LogP contribution in [0, 0.1) is 5.92 Å². The second-order valence-corrected chi connectivity index (χ2v) is 3.67. The maximum Gasteiger partial charge on any atom is 0.166 e. The summed E-state index contributed by atoms with van der Waals surface area (Å²) in [7, 11) is 0. The molecule has 0 amide bonds. The Bertz CT molecular complexity index is 328. The summed E-state index contributed by atoms with van der Waals surface area (Å²) in [5, 5.41) is 0. The molecule has 0 bridgehead atoms. The second kappa shape index (κ2) is 3.33. The van der Waals surface area contributed by atoms with E-state index < -0.39 is 0 Å². The van der Waals surface area contributed by atoms with Crippen LogP contribution in [0.4, 0.5) is 0 Å². The molecule has 68 valence electrons. The number of hydrogen-bond donors (Lipinski definition) is 0. The van der Waals surface area contributed by atoms with Gasteiger partial charge in [-0.05, 0) is 24.8 Å². The highest BCUT2D eigenvalue weighted by Crippen LogP contribution is 2.26. The highest BCUT2D eigenvalue weighted by molar-refractivity contribution is 6.00. The number of ketones is 1. The van der Waals surface area contributed by atoms with Crippen LogP contribution >= 0.6 is 0 Å². The Morgan fingerprint density at radius 3 is 2.92 bits per heavy atom. The summed E-state index contributed by atoms with van der Waals surface area (Å²) in [4.78, 5) is 11.8. The molecular weight excluding hydrogens is 160 g/mol. The van der Waals surface area contributed by atoms with Gasteiger partial charge in [0.2, 0.25) is 0 Å². The summed E-state index contributed by atoms with van der Waals surface area (Å²) < 4.78 is 0. The minimum Gasteiger partial charge on any atom is -0.294 e. The Labute approximate surface area is 78.8 Å². The van der Waals surface area contributed by atoms with E-state index in [4.69, 9.17) is 0 Å². The number of rotatable bonds is 1. The fourth-order valence-corrected chi connectivity index (χ4v) is 2.05. The van der Waals surface area contributed by atoms with Crippen molar-refractivity contribution in [2.24, 2.45) is 5.92 Å². The maximum absolute atomic E-state index is 11.8. The van der Waals surface area contributed by atoms with Crippen molar-refractivity contribution in [1.29, 1.82) is 0 Å². The minimum absolute atomic E-state index is 0.273. The first kappa shape index (κ1) is 8.49. The van der Waals surface area contributed by atoms with Crippen molar-refractivity contribution in [2.75, 3.05) is 0 Å². The molecule has 0 radical (unpaired) electrons. The van der Waals surface area contributed by atoms with Gasteiger partial charge >= 0.3 is 0 Å². The van der Waals surface area contributed by atoms with Crippen molar-refractivity contribution in [1.82, 2.24) is 0 Å². The molecule has 1 heteroatoms. The quantitative estimate of drug-likeness (QED) is 0.639. The van der Waals surface area contributed by atoms with Crippen LogP contribution in [0.15, 0.2) is 24.3 Å². The molecule has 1 aliphatic rings. The Morgan fingerprint density at radius 1 is 1.38 bits per heavy atom. The number of hydrogen-bond acceptors (Lipinski definition) is 1. The first-order valence-electron chi connectivity index (χ1n) is 4.95. The zero-order chi connectivity index (χ0) is 9.26. The predicted molar refractivity (Wildman–Crippen MR) is 52.9 cm³/mol. The van der Waals surface area contributed by atoms with Crippen molar-refractivity contribution in [3.8, 4) is 0 Å². The number of carbonyl (C=O) groups excluding carboxylic acids is 1. The molecule has 13 heavy (non-hydrogen) atoms. The van der Waals surface area contributed by atoms with E-state index in [1.165, 1.54) is 5.56 Å². The Kier molecular flexibility index (Phi) is 2.17. The number of benzene rings is 1. The van der Waals surface area contributed by atoms with E-state index in [1.54, 1.807) is 0 Å². The smallest absolute Gasteiger partial charge is 0.166 e. The van der Waals surface area contributed by atoms with Gasteiger partial charge in [0, 0.05) is 11.5 Å². The molecule has 2 rings (SSSR count). The van der Waals surface area contributed by atoms with E-state index in [9.17, 15) is 4.79 Å². The van der Waals surface area contributed by atoms with Gasteiger partial charge in [0.15, 0.2) is 5.78 Å². The maximum atomic E-state index is 11.8. The molecule has 0 saturated carbocycles. The summed E-state index contributed by atoms with van der Waals surface area (Å²) in [5.41, 5.74) is 2.19. The number of fused-ring (bicyclic) bond motifs is 1. The zero-order valence-corrected chi connectivity index (χ0v) is 7.92. The molecule has 0 saturated heterocycles. The summed E-state index contributed by atoms with van der Waals surface area (Å²) in [5.74, 6) is 0.624. The molecule has 1 atom stereocenters. The number of carbonyl (C=O) groups is 1. The zero-order valence-electron chi connectivity index (χ0n) is 7.92. The third-order valence-corrected chi connectivity index (χ3v) is 2.91. The Balaban J connectivity index is 2.39. The molecule has 0 heterocycles. The van der Waals surface area contributed by atoms with E-state index in [0.717, 1.165) is 24.8 Å². The highest BCUT2D eigenvalue weighted by Gasteiger charge is 2.24. The van der Waals surface area contributed by atoms with Gasteiger partial charge < -0.3 is 0 Å². The largest absolute Gasteiger partial charge is 0.294 e. The standard InChI is InChI=1S/C12H14O/c1-2-9-7-8-10-5-3-4-6-11(10)12(9)13/h3-6,9H,2,7-8H2,1H3. The lowest BCUT2D eigenvalue weighted by atomic mass is 9.81. The van der Waals surface area contributed by atoms with E-state index >= 15 is 0 Å². The summed E-state index contributed by atoms with van der Waals surface area (Å²) >= 11 is 0. The van der Waals surface area contributed by atoms with Crippen LogP contribution < -0.4 is 0 Å². The highest BCUT2D eigenvalue weighted by atomic mass is 16.1. The first-order chi connectivity index (χ1) is 6.33. The van der Waals surface area contributed by atoms with Crippen molar-refractivity contribution in [3.63, 3.8) is 0 Å². The SMILES string of the molecule is CCC1CCc2ccccc2C1=O. The molecule has 1 aliphatic carbocycles. The fourth-order valence-electron chi connectivity index (χ4n) is 2.05. The minimum atomic E-state index is 0.273. The molecule has 0 fully saturated rings. The monoisotopic (exact) mass is 174 g/mol. The van der Waals surface area contributed by atoms with E-state index in [1.807, 2.05) is 18.2 Å². The van der Waals surface area contributed by atoms with Crippen molar-refractivity contribution in [2.45, 2.75) is 26.2 Å². The topological polar surface area (TPSA) is 17.1 Å². The van der Waals surface area contributed by atoms with Gasteiger partial charge in [0.25, 0.3) is 0 Å². The third kappa shape index (κ3) is 1.39. The van der Waals surface area contributed by atoms with Gasteiger partial charge in [-0.1, -0.05) is 31.2 Å². The van der Waals surface area contributed by atoms with Gasteiger partial charge in [0.1, 0.15) is 0 Å². The second-order valence-electron chi connectivity index (χ2n) is 3.67. The summed E-state index contributed by atoms with van der Waals surface area (Å²) in [6, 6.07) is 7.99. The summed E-state index contributed by atoms with van der Waals surface area (Å²) in [6.07, 6.45) is 3.08. The molecule has 1 nitrogen and oxygen atoms in total. The van der Waals surface area contributed by atoms with Crippen LogP contribution in [0.5, 0.6) is 0 Å². The lowest BCUT2D eigenvalue weighted by Gasteiger charge is -2.21. The molecule has 0 N–H and O–H groups in total. The van der Waals surface area contributed by atoms with Gasteiger partial charge in [-0.15, -0.1) is 0 Å². The molecular formula is C12H14O. The average Bonchev–Trinajstić information content (AvgIpc) is 2.19. The fraction of sp³-hybridized carbons (Fsp3) is 0.417. The van der Waals surface area contributed by atoms with Crippen molar-refractivity contribution < 1.29 is 4.79 Å². The van der Waals surface area contributed by atoms with Crippen LogP contribution in [-0.2, 0) is 6.42 Å². The van der Waals surface area contributed by atoms with Crippen molar-refractivity contribution >= 4 is 5.78 Å². The van der Waals surface area contributed by atoms with Gasteiger partial charge in [-0.3, -0.25) is 4.79 Å². The van der Waals surface area contributed by atoms with E-state index in [0.29, 0.717) is 5.78 Å². The Hall–Kier alpha value is -1.11. The lowest BCUT2D eigenvalue weighted by Crippen LogP contribution is -2.21. The van der Waals surface area contributed by atoms with Crippen LogP contribution in [0.3, 0.4) is 0 Å². The Morgan fingerprint density at radius 2 is 2.15 bits per heavy atom. The summed E-state index contributed by atoms with van der Waals surface area (Å²) in [6.45, 7) is 2.09.